The average molecular weight is 302 g/mol. The Labute approximate surface area is 116 Å². The van der Waals surface area contributed by atoms with E-state index in [1.54, 1.807) is 6.56 Å². The van der Waals surface area contributed by atoms with Crippen LogP contribution < -0.4 is 0 Å². The third-order valence-corrected chi connectivity index (χ3v) is 6.13. The first kappa shape index (κ1) is 12.8. The Morgan fingerprint density at radius 1 is 0.882 bits per heavy atom. The normalized spacial score (nSPS) is 19.6. The van der Waals surface area contributed by atoms with Crippen molar-refractivity contribution in [1.29, 1.82) is 0 Å². The van der Waals surface area contributed by atoms with Crippen LogP contribution in [0.4, 0.5) is 0 Å². The van der Waals surface area contributed by atoms with Crippen molar-refractivity contribution >= 4 is 0 Å². The molecule has 0 saturated heterocycles. The van der Waals surface area contributed by atoms with Crippen molar-refractivity contribution in [1.82, 2.24) is 0 Å². The molecule has 1 heteroatoms. The molecule has 17 heavy (non-hydrogen) atoms. The van der Waals surface area contributed by atoms with Crippen molar-refractivity contribution in [3.05, 3.63) is 66.3 Å². The molecular formula is C16H18Zr. The van der Waals surface area contributed by atoms with E-state index in [-0.39, 0.29) is 0 Å². The number of allylic oxidation sites excluding steroid dienone is 12. The van der Waals surface area contributed by atoms with Gasteiger partial charge in [0.15, 0.2) is 0 Å². The molecule has 0 unspecified atom stereocenters. The molecule has 0 saturated carbocycles. The zero-order valence-electron chi connectivity index (χ0n) is 10.5. The zero-order chi connectivity index (χ0) is 12.1. The van der Waals surface area contributed by atoms with Crippen molar-refractivity contribution in [2.24, 2.45) is 0 Å². The molecule has 0 bridgehead atoms. The SMILES string of the molecule is C/C=C\C1=CC[C]([Zr][C]2=CC(/C=C\C)=CC2)=C1. The molecule has 2 rings (SSSR count). The summed E-state index contributed by atoms with van der Waals surface area (Å²) >= 11 is -0.478. The molecule has 0 heterocycles. The van der Waals surface area contributed by atoms with Gasteiger partial charge >= 0.3 is 116 Å². The summed E-state index contributed by atoms with van der Waals surface area (Å²) in [6.45, 7) is 4.17. The second-order valence-electron chi connectivity index (χ2n) is 4.28. The van der Waals surface area contributed by atoms with Gasteiger partial charge in [-0.25, -0.2) is 0 Å². The Morgan fingerprint density at radius 3 is 1.76 bits per heavy atom. The van der Waals surface area contributed by atoms with E-state index in [9.17, 15) is 0 Å². The molecule has 86 valence electrons. The van der Waals surface area contributed by atoms with Crippen LogP contribution in [0.15, 0.2) is 66.3 Å². The summed E-state index contributed by atoms with van der Waals surface area (Å²) in [6.07, 6.45) is 20.6. The molecule has 0 aliphatic heterocycles. The molecule has 0 aromatic heterocycles. The minimum atomic E-state index is -0.478. The van der Waals surface area contributed by atoms with E-state index in [0.717, 1.165) is 0 Å². The molecule has 0 nitrogen and oxygen atoms in total. The van der Waals surface area contributed by atoms with E-state index in [1.807, 2.05) is 0 Å². The van der Waals surface area contributed by atoms with Gasteiger partial charge in [-0.1, -0.05) is 0 Å². The first-order valence-electron chi connectivity index (χ1n) is 6.15. The number of rotatable bonds is 4. The fraction of sp³-hybridized carbons (Fsp3) is 0.250. The van der Waals surface area contributed by atoms with Gasteiger partial charge in [-0.2, -0.15) is 0 Å². The van der Waals surface area contributed by atoms with E-state index in [4.69, 9.17) is 0 Å². The van der Waals surface area contributed by atoms with E-state index in [1.165, 1.54) is 24.0 Å². The molecule has 0 fully saturated rings. The van der Waals surface area contributed by atoms with Gasteiger partial charge in [-0.05, 0) is 0 Å². The second kappa shape index (κ2) is 6.31. The molecule has 0 aromatic carbocycles. The van der Waals surface area contributed by atoms with Crippen molar-refractivity contribution in [2.75, 3.05) is 0 Å². The molecular weight excluding hydrogens is 283 g/mol. The quantitative estimate of drug-likeness (QED) is 0.709. The summed E-state index contributed by atoms with van der Waals surface area (Å²) in [5.41, 5.74) is 2.81. The third kappa shape index (κ3) is 3.64. The average Bonchev–Trinajstić information content (AvgIpc) is 2.91. The maximum absolute atomic E-state index is 2.40. The summed E-state index contributed by atoms with van der Waals surface area (Å²) in [7, 11) is 0. The van der Waals surface area contributed by atoms with E-state index in [2.05, 4.69) is 62.5 Å². The monoisotopic (exact) mass is 300 g/mol. The molecule has 2 aliphatic carbocycles. The van der Waals surface area contributed by atoms with Crippen molar-refractivity contribution < 1.29 is 23.2 Å². The molecule has 0 spiro atoms. The molecule has 0 atom stereocenters. The predicted molar refractivity (Wildman–Crippen MR) is 71.2 cm³/mol. The Balaban J connectivity index is 1.93. The van der Waals surface area contributed by atoms with Crippen LogP contribution >= 0.6 is 0 Å². The van der Waals surface area contributed by atoms with E-state index >= 15 is 0 Å². The molecule has 0 N–H and O–H groups in total. The van der Waals surface area contributed by atoms with Crippen LogP contribution in [0, 0.1) is 0 Å². The van der Waals surface area contributed by atoms with Crippen LogP contribution in [-0.4, -0.2) is 0 Å². The van der Waals surface area contributed by atoms with Gasteiger partial charge in [0.25, 0.3) is 0 Å². The Hall–Kier alpha value is -0.677. The summed E-state index contributed by atoms with van der Waals surface area (Å²) < 4.78 is 3.42. The van der Waals surface area contributed by atoms with E-state index < -0.39 is 23.2 Å². The van der Waals surface area contributed by atoms with E-state index in [0.29, 0.717) is 0 Å². The summed E-state index contributed by atoms with van der Waals surface area (Å²) in [6, 6.07) is 0. The van der Waals surface area contributed by atoms with Crippen LogP contribution in [0.5, 0.6) is 0 Å². The molecule has 2 aliphatic rings. The standard InChI is InChI=1S/2C8H9.Zr/c2*1-2-5-8-6-3-4-7-8;/h2*2,5-7H,3H2,1H3;/b2*5-2-;. The van der Waals surface area contributed by atoms with Crippen LogP contribution in [-0.2, 0) is 23.2 Å². The van der Waals surface area contributed by atoms with Gasteiger partial charge in [-0.15, -0.1) is 0 Å². The van der Waals surface area contributed by atoms with Crippen molar-refractivity contribution in [3.63, 3.8) is 0 Å². The predicted octanol–water partition coefficient (Wildman–Crippen LogP) is 4.65. The van der Waals surface area contributed by atoms with Crippen molar-refractivity contribution in [2.45, 2.75) is 26.7 Å². The van der Waals surface area contributed by atoms with Gasteiger partial charge < -0.3 is 0 Å². The molecule has 0 amide bonds. The number of hydrogen-bond donors (Lipinski definition) is 0. The Bertz CT molecular complexity index is 424. The van der Waals surface area contributed by atoms with Crippen LogP contribution in [0.2, 0.25) is 0 Å². The zero-order valence-corrected chi connectivity index (χ0v) is 13.0. The summed E-state index contributed by atoms with van der Waals surface area (Å²) in [4.78, 5) is 0. The molecule has 0 radical (unpaired) electrons. The topological polar surface area (TPSA) is 0 Å². The summed E-state index contributed by atoms with van der Waals surface area (Å²) in [5, 5.41) is 0. The van der Waals surface area contributed by atoms with Crippen molar-refractivity contribution in [3.8, 4) is 0 Å². The second-order valence-corrected chi connectivity index (χ2v) is 8.05. The Kier molecular flexibility index (Phi) is 4.74. The fourth-order valence-electron chi connectivity index (χ4n) is 2.09. The van der Waals surface area contributed by atoms with Gasteiger partial charge in [-0.3, -0.25) is 0 Å². The minimum absolute atomic E-state index is 0.478. The van der Waals surface area contributed by atoms with Crippen LogP contribution in [0.1, 0.15) is 26.7 Å². The van der Waals surface area contributed by atoms with Crippen LogP contribution in [0.3, 0.4) is 0 Å². The Morgan fingerprint density at radius 2 is 1.35 bits per heavy atom. The first-order valence-corrected chi connectivity index (χ1v) is 8.61. The molecule has 0 aromatic rings. The number of hydrogen-bond acceptors (Lipinski definition) is 0. The summed E-state index contributed by atoms with van der Waals surface area (Å²) in [5.74, 6) is 0. The first-order chi connectivity index (χ1) is 8.31. The van der Waals surface area contributed by atoms with Gasteiger partial charge in [0, 0.05) is 0 Å². The van der Waals surface area contributed by atoms with Gasteiger partial charge in [0.2, 0.25) is 0 Å². The van der Waals surface area contributed by atoms with Gasteiger partial charge in [0.1, 0.15) is 0 Å². The van der Waals surface area contributed by atoms with Gasteiger partial charge in [0.05, 0.1) is 0 Å². The fourth-order valence-corrected chi connectivity index (χ4v) is 5.28. The third-order valence-electron chi connectivity index (χ3n) is 2.84. The van der Waals surface area contributed by atoms with Crippen LogP contribution in [0.25, 0.3) is 0 Å². The maximum atomic E-state index is 2.40.